The highest BCUT2D eigenvalue weighted by Crippen LogP contribution is 2.12. The minimum absolute atomic E-state index is 0.265. The van der Waals surface area contributed by atoms with E-state index in [0.29, 0.717) is 24.0 Å². The molecular weight excluding hydrogens is 256 g/mol. The fourth-order valence-corrected chi connectivity index (χ4v) is 1.90. The average Bonchev–Trinajstić information content (AvgIpc) is 2.93. The number of unbranched alkanes of at least 4 members (excludes halogenated alkanes) is 2. The third kappa shape index (κ3) is 4.40. The zero-order valence-corrected chi connectivity index (χ0v) is 11.7. The number of aliphatic hydroxyl groups is 1. The minimum Gasteiger partial charge on any atom is -0.396 e. The minimum atomic E-state index is 0.265. The second-order valence-electron chi connectivity index (χ2n) is 4.75. The smallest absolute Gasteiger partial charge is 0.241 e. The van der Waals surface area contributed by atoms with Crippen molar-refractivity contribution in [3.8, 4) is 11.5 Å². The standard InChI is InChI=1S/C14H20N4O2/c1-18(9-5-2-6-10-19)11-13-16-14(17-20-13)12-7-3-4-8-15-12/h3-4,7-8,19H,2,5-6,9-11H2,1H3. The first kappa shape index (κ1) is 14.6. The van der Waals surface area contributed by atoms with E-state index >= 15 is 0 Å². The highest BCUT2D eigenvalue weighted by atomic mass is 16.5. The van der Waals surface area contributed by atoms with Crippen LogP contribution < -0.4 is 0 Å². The zero-order valence-electron chi connectivity index (χ0n) is 11.7. The monoisotopic (exact) mass is 276 g/mol. The third-order valence-corrected chi connectivity index (χ3v) is 2.97. The van der Waals surface area contributed by atoms with Crippen LogP contribution in [0.1, 0.15) is 25.2 Å². The molecule has 0 saturated carbocycles. The van der Waals surface area contributed by atoms with Crippen LogP contribution in [-0.4, -0.2) is 45.3 Å². The van der Waals surface area contributed by atoms with Gasteiger partial charge in [-0.15, -0.1) is 0 Å². The van der Waals surface area contributed by atoms with Crippen LogP contribution in [-0.2, 0) is 6.54 Å². The lowest BCUT2D eigenvalue weighted by atomic mass is 10.2. The summed E-state index contributed by atoms with van der Waals surface area (Å²) in [6.45, 7) is 1.83. The van der Waals surface area contributed by atoms with E-state index in [4.69, 9.17) is 9.63 Å². The normalized spacial score (nSPS) is 11.2. The molecule has 2 rings (SSSR count). The van der Waals surface area contributed by atoms with Crippen molar-refractivity contribution in [2.24, 2.45) is 0 Å². The molecule has 0 atom stereocenters. The van der Waals surface area contributed by atoms with Crippen LogP contribution in [0.2, 0.25) is 0 Å². The van der Waals surface area contributed by atoms with Gasteiger partial charge in [0, 0.05) is 12.8 Å². The van der Waals surface area contributed by atoms with Crippen LogP contribution in [0, 0.1) is 0 Å². The van der Waals surface area contributed by atoms with Gasteiger partial charge in [0.25, 0.3) is 0 Å². The number of rotatable bonds is 8. The SMILES string of the molecule is CN(CCCCCO)Cc1nc(-c2ccccn2)no1. The van der Waals surface area contributed by atoms with Gasteiger partial charge in [0.1, 0.15) is 5.69 Å². The summed E-state index contributed by atoms with van der Waals surface area (Å²) in [5.41, 5.74) is 0.716. The summed E-state index contributed by atoms with van der Waals surface area (Å²) in [6, 6.07) is 5.60. The van der Waals surface area contributed by atoms with E-state index in [1.54, 1.807) is 6.20 Å². The molecule has 0 radical (unpaired) electrons. The molecule has 1 N–H and O–H groups in total. The Hall–Kier alpha value is -1.79. The maximum absolute atomic E-state index is 8.72. The molecule has 6 heteroatoms. The number of pyridine rings is 1. The van der Waals surface area contributed by atoms with Crippen molar-refractivity contribution in [2.75, 3.05) is 20.2 Å². The molecule has 0 unspecified atom stereocenters. The Labute approximate surface area is 118 Å². The molecule has 0 saturated heterocycles. The van der Waals surface area contributed by atoms with Crippen LogP contribution >= 0.6 is 0 Å². The first-order chi connectivity index (χ1) is 9.79. The van der Waals surface area contributed by atoms with E-state index < -0.39 is 0 Å². The molecule has 0 spiro atoms. The first-order valence-electron chi connectivity index (χ1n) is 6.83. The van der Waals surface area contributed by atoms with Gasteiger partial charge >= 0.3 is 0 Å². The third-order valence-electron chi connectivity index (χ3n) is 2.97. The largest absolute Gasteiger partial charge is 0.396 e. The molecule has 0 amide bonds. The Bertz CT molecular complexity index is 501. The topological polar surface area (TPSA) is 75.3 Å². The Kier molecular flexibility index (Phi) is 5.64. The number of hydrogen-bond donors (Lipinski definition) is 1. The fraction of sp³-hybridized carbons (Fsp3) is 0.500. The molecule has 2 aromatic heterocycles. The van der Waals surface area contributed by atoms with Gasteiger partial charge in [-0.1, -0.05) is 11.2 Å². The second kappa shape index (κ2) is 7.72. The maximum Gasteiger partial charge on any atom is 0.241 e. The average molecular weight is 276 g/mol. The second-order valence-corrected chi connectivity index (χ2v) is 4.75. The Balaban J connectivity index is 1.83. The van der Waals surface area contributed by atoms with Gasteiger partial charge < -0.3 is 9.63 Å². The summed E-state index contributed by atoms with van der Waals surface area (Å²) < 4.78 is 5.23. The number of aromatic nitrogens is 3. The molecular formula is C14H20N4O2. The molecule has 2 heterocycles. The van der Waals surface area contributed by atoms with Gasteiger partial charge in [-0.05, 0) is 45.0 Å². The molecule has 0 fully saturated rings. The number of aliphatic hydroxyl groups excluding tert-OH is 1. The predicted octanol–water partition coefficient (Wildman–Crippen LogP) is 1.73. The van der Waals surface area contributed by atoms with Crippen molar-refractivity contribution in [1.29, 1.82) is 0 Å². The Morgan fingerprint density at radius 3 is 2.90 bits per heavy atom. The molecule has 2 aromatic rings. The van der Waals surface area contributed by atoms with Gasteiger partial charge in [0.05, 0.1) is 6.54 Å². The maximum atomic E-state index is 8.72. The Morgan fingerprint density at radius 2 is 2.15 bits per heavy atom. The first-order valence-corrected chi connectivity index (χ1v) is 6.83. The van der Waals surface area contributed by atoms with E-state index in [9.17, 15) is 0 Å². The van der Waals surface area contributed by atoms with E-state index in [0.717, 1.165) is 25.8 Å². The van der Waals surface area contributed by atoms with Gasteiger partial charge in [-0.2, -0.15) is 4.98 Å². The van der Waals surface area contributed by atoms with Crippen LogP contribution in [0.15, 0.2) is 28.9 Å². The fourth-order valence-electron chi connectivity index (χ4n) is 1.90. The van der Waals surface area contributed by atoms with Crippen molar-refractivity contribution in [2.45, 2.75) is 25.8 Å². The van der Waals surface area contributed by atoms with Crippen molar-refractivity contribution >= 4 is 0 Å². The van der Waals surface area contributed by atoms with Gasteiger partial charge in [0.2, 0.25) is 11.7 Å². The lowest BCUT2D eigenvalue weighted by Gasteiger charge is -2.13. The zero-order chi connectivity index (χ0) is 14.2. The van der Waals surface area contributed by atoms with Crippen LogP contribution in [0.3, 0.4) is 0 Å². The molecule has 0 aliphatic carbocycles. The van der Waals surface area contributed by atoms with E-state index in [1.165, 1.54) is 0 Å². The molecule has 0 aliphatic heterocycles. The summed E-state index contributed by atoms with van der Waals surface area (Å²) in [4.78, 5) is 10.7. The van der Waals surface area contributed by atoms with E-state index in [2.05, 4.69) is 20.0 Å². The molecule has 6 nitrogen and oxygen atoms in total. The van der Waals surface area contributed by atoms with Gasteiger partial charge in [-0.3, -0.25) is 9.88 Å². The van der Waals surface area contributed by atoms with Crippen molar-refractivity contribution in [3.05, 3.63) is 30.3 Å². The summed E-state index contributed by atoms with van der Waals surface area (Å²) in [7, 11) is 2.02. The van der Waals surface area contributed by atoms with Crippen LogP contribution in [0.5, 0.6) is 0 Å². The van der Waals surface area contributed by atoms with Crippen molar-refractivity contribution in [3.63, 3.8) is 0 Å². The number of hydrogen-bond acceptors (Lipinski definition) is 6. The van der Waals surface area contributed by atoms with Crippen molar-refractivity contribution in [1.82, 2.24) is 20.0 Å². The van der Waals surface area contributed by atoms with E-state index in [1.807, 2.05) is 25.2 Å². The van der Waals surface area contributed by atoms with Crippen LogP contribution in [0.25, 0.3) is 11.5 Å². The quantitative estimate of drug-likeness (QED) is 0.740. The molecule has 108 valence electrons. The molecule has 0 bridgehead atoms. The lowest BCUT2D eigenvalue weighted by molar-refractivity contribution is 0.251. The molecule has 0 aromatic carbocycles. The van der Waals surface area contributed by atoms with Crippen molar-refractivity contribution < 1.29 is 9.63 Å². The summed E-state index contributed by atoms with van der Waals surface area (Å²) in [5, 5.41) is 12.7. The summed E-state index contributed by atoms with van der Waals surface area (Å²) >= 11 is 0. The molecule has 20 heavy (non-hydrogen) atoms. The van der Waals surface area contributed by atoms with Crippen LogP contribution in [0.4, 0.5) is 0 Å². The predicted molar refractivity (Wildman–Crippen MR) is 74.8 cm³/mol. The Morgan fingerprint density at radius 1 is 1.25 bits per heavy atom. The highest BCUT2D eigenvalue weighted by Gasteiger charge is 2.11. The van der Waals surface area contributed by atoms with E-state index in [-0.39, 0.29) is 6.61 Å². The van der Waals surface area contributed by atoms with Gasteiger partial charge in [0.15, 0.2) is 0 Å². The number of nitrogens with zero attached hydrogens (tertiary/aromatic N) is 4. The van der Waals surface area contributed by atoms with Gasteiger partial charge in [-0.25, -0.2) is 0 Å². The summed E-state index contributed by atoms with van der Waals surface area (Å²) in [5.74, 6) is 1.12. The highest BCUT2D eigenvalue weighted by molar-refractivity contribution is 5.46. The molecule has 0 aliphatic rings. The summed E-state index contributed by atoms with van der Waals surface area (Å²) in [6.07, 6.45) is 4.65. The lowest BCUT2D eigenvalue weighted by Crippen LogP contribution is -2.19.